The molecule has 1 N–H and O–H groups in total. The maximum absolute atomic E-state index is 14.0. The third-order valence-corrected chi connectivity index (χ3v) is 6.41. The lowest BCUT2D eigenvalue weighted by Crippen LogP contribution is -2.41. The number of imide groups is 1. The minimum atomic E-state index is -0.368. The van der Waals surface area contributed by atoms with E-state index in [-0.39, 0.29) is 36.1 Å². The molecule has 2 aromatic carbocycles. The van der Waals surface area contributed by atoms with Crippen molar-refractivity contribution in [1.29, 1.82) is 0 Å². The fourth-order valence-corrected chi connectivity index (χ4v) is 4.80. The van der Waals surface area contributed by atoms with Gasteiger partial charge >= 0.3 is 6.03 Å². The topological polar surface area (TPSA) is 67.9 Å². The molecule has 0 radical (unpaired) electrons. The van der Waals surface area contributed by atoms with E-state index in [1.165, 1.54) is 11.0 Å². The van der Waals surface area contributed by atoms with E-state index in [4.69, 9.17) is 9.47 Å². The second-order valence-corrected chi connectivity index (χ2v) is 8.95. The molecule has 2 fully saturated rings. The first kappa shape index (κ1) is 23.3. The molecule has 0 unspecified atom stereocenters. The molecule has 2 aromatic rings. The van der Waals surface area contributed by atoms with Gasteiger partial charge in [-0.3, -0.25) is 9.69 Å². The maximum atomic E-state index is 14.0. The standard InChI is InChI=1S/C25H26BrFN2O4/c1-2-32-22-14-16(12-19(26)23(22)33-15-17-8-6-7-11-20(17)27)13-21-24(30)29(25(31)28-21)18-9-4-3-5-10-18/h6-8,11-14,18H,2-5,9-10,15H2,1H3,(H,28,31)/b21-13-. The van der Waals surface area contributed by atoms with Crippen LogP contribution in [0.2, 0.25) is 0 Å². The van der Waals surface area contributed by atoms with E-state index in [0.717, 1.165) is 32.1 Å². The van der Waals surface area contributed by atoms with Crippen molar-refractivity contribution in [3.05, 3.63) is 63.5 Å². The van der Waals surface area contributed by atoms with E-state index in [1.807, 2.05) is 6.92 Å². The van der Waals surface area contributed by atoms with Crippen LogP contribution < -0.4 is 14.8 Å². The molecule has 0 bridgehead atoms. The van der Waals surface area contributed by atoms with Crippen molar-refractivity contribution >= 4 is 33.9 Å². The van der Waals surface area contributed by atoms with Gasteiger partial charge in [-0.25, -0.2) is 9.18 Å². The zero-order valence-electron chi connectivity index (χ0n) is 18.4. The maximum Gasteiger partial charge on any atom is 0.329 e. The molecular formula is C25H26BrFN2O4. The summed E-state index contributed by atoms with van der Waals surface area (Å²) in [5.41, 5.74) is 1.33. The van der Waals surface area contributed by atoms with Crippen LogP contribution in [0.5, 0.6) is 11.5 Å². The van der Waals surface area contributed by atoms with E-state index < -0.39 is 0 Å². The van der Waals surface area contributed by atoms with Gasteiger partial charge in [0.25, 0.3) is 5.91 Å². The molecule has 1 aliphatic heterocycles. The van der Waals surface area contributed by atoms with Gasteiger partial charge in [0.2, 0.25) is 0 Å². The van der Waals surface area contributed by atoms with Crippen LogP contribution in [0.1, 0.15) is 50.2 Å². The number of carbonyl (C=O) groups is 2. The van der Waals surface area contributed by atoms with Crippen LogP contribution in [0.3, 0.4) is 0 Å². The van der Waals surface area contributed by atoms with Gasteiger partial charge in [-0.1, -0.05) is 37.5 Å². The molecule has 8 heteroatoms. The predicted molar refractivity (Wildman–Crippen MR) is 126 cm³/mol. The van der Waals surface area contributed by atoms with Gasteiger partial charge in [-0.05, 0) is 65.5 Å². The van der Waals surface area contributed by atoms with E-state index in [1.54, 1.807) is 36.4 Å². The molecule has 33 heavy (non-hydrogen) atoms. The summed E-state index contributed by atoms with van der Waals surface area (Å²) in [5.74, 6) is 0.246. The number of hydrogen-bond donors (Lipinski definition) is 1. The number of carbonyl (C=O) groups excluding carboxylic acids is 2. The Morgan fingerprint density at radius 3 is 2.64 bits per heavy atom. The summed E-state index contributed by atoms with van der Waals surface area (Å²) in [6.45, 7) is 2.28. The highest BCUT2D eigenvalue weighted by molar-refractivity contribution is 9.10. The molecule has 6 nitrogen and oxygen atoms in total. The largest absolute Gasteiger partial charge is 0.490 e. The normalized spacial score (nSPS) is 18.0. The molecule has 0 aromatic heterocycles. The molecule has 0 spiro atoms. The first-order chi connectivity index (χ1) is 16.0. The van der Waals surface area contributed by atoms with Crippen LogP contribution >= 0.6 is 15.9 Å². The highest BCUT2D eigenvalue weighted by Crippen LogP contribution is 2.38. The minimum absolute atomic E-state index is 0.0384. The van der Waals surface area contributed by atoms with Gasteiger partial charge in [0.1, 0.15) is 18.1 Å². The van der Waals surface area contributed by atoms with Crippen molar-refractivity contribution in [3.63, 3.8) is 0 Å². The van der Waals surface area contributed by atoms with Gasteiger partial charge in [0, 0.05) is 11.6 Å². The van der Waals surface area contributed by atoms with Gasteiger partial charge in [0.05, 0.1) is 11.1 Å². The van der Waals surface area contributed by atoms with E-state index in [0.29, 0.717) is 33.7 Å². The van der Waals surface area contributed by atoms with Crippen LogP contribution in [-0.4, -0.2) is 29.5 Å². The van der Waals surface area contributed by atoms with Crippen LogP contribution in [0, 0.1) is 5.82 Å². The number of nitrogens with zero attached hydrogens (tertiary/aromatic N) is 1. The number of urea groups is 1. The average molecular weight is 517 g/mol. The number of hydrogen-bond acceptors (Lipinski definition) is 4. The predicted octanol–water partition coefficient (Wildman–Crippen LogP) is 5.79. The molecule has 0 atom stereocenters. The van der Waals surface area contributed by atoms with Crippen molar-refractivity contribution in [3.8, 4) is 11.5 Å². The summed E-state index contributed by atoms with van der Waals surface area (Å²) < 4.78 is 26.2. The monoisotopic (exact) mass is 516 g/mol. The van der Waals surface area contributed by atoms with E-state index in [2.05, 4.69) is 21.2 Å². The molecule has 1 heterocycles. The summed E-state index contributed by atoms with van der Waals surface area (Å²) in [6.07, 6.45) is 6.53. The Hall–Kier alpha value is -2.87. The summed E-state index contributed by atoms with van der Waals surface area (Å²) in [4.78, 5) is 26.8. The van der Waals surface area contributed by atoms with Gasteiger partial charge in [0.15, 0.2) is 11.5 Å². The lowest BCUT2D eigenvalue weighted by Gasteiger charge is -2.28. The van der Waals surface area contributed by atoms with Crippen LogP contribution in [0.4, 0.5) is 9.18 Å². The van der Waals surface area contributed by atoms with Crippen molar-refractivity contribution in [1.82, 2.24) is 10.2 Å². The fraction of sp³-hybridized carbons (Fsp3) is 0.360. The zero-order valence-corrected chi connectivity index (χ0v) is 20.0. The summed E-state index contributed by atoms with van der Waals surface area (Å²) in [5, 5.41) is 2.71. The third kappa shape index (κ3) is 5.21. The van der Waals surface area contributed by atoms with E-state index in [9.17, 15) is 14.0 Å². The zero-order chi connectivity index (χ0) is 23.4. The number of amides is 3. The average Bonchev–Trinajstić information content (AvgIpc) is 3.07. The number of ether oxygens (including phenoxy) is 2. The van der Waals surface area contributed by atoms with Crippen molar-refractivity contribution in [2.75, 3.05) is 6.61 Å². The Labute approximate surface area is 200 Å². The number of nitrogens with one attached hydrogen (secondary N) is 1. The minimum Gasteiger partial charge on any atom is -0.490 e. The Morgan fingerprint density at radius 1 is 1.15 bits per heavy atom. The van der Waals surface area contributed by atoms with Gasteiger partial charge in [-0.2, -0.15) is 0 Å². The van der Waals surface area contributed by atoms with Crippen molar-refractivity contribution in [2.24, 2.45) is 0 Å². The molecule has 174 valence electrons. The molecule has 2 aliphatic rings. The second-order valence-electron chi connectivity index (χ2n) is 8.10. The SMILES string of the molecule is CCOc1cc(/C=C2\NC(=O)N(C3CCCCC3)C2=O)cc(Br)c1OCc1ccccc1F. The summed E-state index contributed by atoms with van der Waals surface area (Å²) >= 11 is 3.50. The molecule has 1 aliphatic carbocycles. The molecule has 1 saturated heterocycles. The fourth-order valence-electron chi connectivity index (χ4n) is 4.23. The number of benzene rings is 2. The lowest BCUT2D eigenvalue weighted by atomic mass is 9.94. The number of rotatable bonds is 7. The molecule has 1 saturated carbocycles. The molecule has 4 rings (SSSR count). The van der Waals surface area contributed by atoms with Crippen molar-refractivity contribution < 1.29 is 23.5 Å². The Morgan fingerprint density at radius 2 is 1.91 bits per heavy atom. The first-order valence-corrected chi connectivity index (χ1v) is 12.0. The lowest BCUT2D eigenvalue weighted by molar-refractivity contribution is -0.124. The molecule has 3 amide bonds. The van der Waals surface area contributed by atoms with Crippen molar-refractivity contribution in [2.45, 2.75) is 51.7 Å². The highest BCUT2D eigenvalue weighted by atomic mass is 79.9. The second kappa shape index (κ2) is 10.4. The Balaban J connectivity index is 1.57. The third-order valence-electron chi connectivity index (χ3n) is 5.82. The van der Waals surface area contributed by atoms with Crippen LogP contribution in [-0.2, 0) is 11.4 Å². The number of halogens is 2. The highest BCUT2D eigenvalue weighted by Gasteiger charge is 2.39. The van der Waals surface area contributed by atoms with Gasteiger partial charge in [-0.15, -0.1) is 0 Å². The quantitative estimate of drug-likeness (QED) is 0.373. The van der Waals surface area contributed by atoms with Crippen LogP contribution in [0.15, 0.2) is 46.6 Å². The Kier molecular flexibility index (Phi) is 7.33. The smallest absolute Gasteiger partial charge is 0.329 e. The summed E-state index contributed by atoms with van der Waals surface area (Å²) in [6, 6.07) is 9.52. The first-order valence-electron chi connectivity index (χ1n) is 11.2. The summed E-state index contributed by atoms with van der Waals surface area (Å²) in [7, 11) is 0. The Bertz CT molecular complexity index is 1080. The van der Waals surface area contributed by atoms with Crippen LogP contribution in [0.25, 0.3) is 6.08 Å². The molecular weight excluding hydrogens is 491 g/mol. The van der Waals surface area contributed by atoms with E-state index >= 15 is 0 Å². The van der Waals surface area contributed by atoms with Gasteiger partial charge < -0.3 is 14.8 Å².